The molecule has 0 aliphatic rings. The average molecular weight is 251 g/mol. The van der Waals surface area contributed by atoms with Gasteiger partial charge in [-0.2, -0.15) is 18.3 Å². The van der Waals surface area contributed by atoms with Crippen LogP contribution in [0.3, 0.4) is 0 Å². The lowest BCUT2D eigenvalue weighted by molar-refractivity contribution is -0.138. The maximum absolute atomic E-state index is 12.3. The zero-order valence-electron chi connectivity index (χ0n) is 9.79. The fraction of sp³-hybridized carbons (Fsp3) is 0.700. The van der Waals surface area contributed by atoms with Crippen LogP contribution >= 0.6 is 0 Å². The minimum Gasteiger partial charge on any atom is -0.493 e. The summed E-state index contributed by atoms with van der Waals surface area (Å²) in [5.41, 5.74) is 5.87. The Hall–Kier alpha value is -1.24. The molecule has 0 aliphatic carbocycles. The van der Waals surface area contributed by atoms with Crippen molar-refractivity contribution in [1.29, 1.82) is 0 Å². The number of aryl methyl sites for hydroxylation is 1. The van der Waals surface area contributed by atoms with Gasteiger partial charge in [-0.15, -0.1) is 0 Å². The number of nitrogens with zero attached hydrogens (tertiary/aromatic N) is 2. The van der Waals surface area contributed by atoms with Gasteiger partial charge in [-0.25, -0.2) is 0 Å². The number of ether oxygens (including phenoxy) is 1. The van der Waals surface area contributed by atoms with Crippen molar-refractivity contribution in [3.05, 3.63) is 11.9 Å². The van der Waals surface area contributed by atoms with E-state index in [1.807, 2.05) is 6.92 Å². The van der Waals surface area contributed by atoms with Crippen molar-refractivity contribution in [2.45, 2.75) is 38.5 Å². The number of rotatable bonds is 5. The third-order valence-corrected chi connectivity index (χ3v) is 2.30. The molecule has 0 spiro atoms. The van der Waals surface area contributed by atoms with Crippen LogP contribution in [-0.2, 0) is 6.54 Å². The molecule has 0 aliphatic heterocycles. The molecule has 17 heavy (non-hydrogen) atoms. The highest BCUT2D eigenvalue weighted by molar-refractivity contribution is 5.28. The maximum atomic E-state index is 12.3. The van der Waals surface area contributed by atoms with Crippen molar-refractivity contribution in [3.8, 4) is 5.75 Å². The number of methoxy groups -OCH3 is 1. The molecule has 1 unspecified atom stereocenters. The third-order valence-electron chi connectivity index (χ3n) is 2.30. The molecule has 0 bridgehead atoms. The van der Waals surface area contributed by atoms with Crippen molar-refractivity contribution < 1.29 is 17.9 Å². The minimum absolute atomic E-state index is 0.298. The molecule has 0 radical (unpaired) electrons. The van der Waals surface area contributed by atoms with E-state index in [0.29, 0.717) is 18.0 Å². The highest BCUT2D eigenvalue weighted by Gasteiger charge is 2.33. The Balaban J connectivity index is 2.96. The van der Waals surface area contributed by atoms with Crippen molar-refractivity contribution in [2.24, 2.45) is 5.73 Å². The average Bonchev–Trinajstić information content (AvgIpc) is 2.58. The number of aromatic nitrogens is 2. The fourth-order valence-electron chi connectivity index (χ4n) is 1.65. The van der Waals surface area contributed by atoms with Gasteiger partial charge >= 0.3 is 6.18 Å². The van der Waals surface area contributed by atoms with E-state index in [1.54, 1.807) is 0 Å². The van der Waals surface area contributed by atoms with Crippen LogP contribution in [0.1, 0.15) is 31.5 Å². The van der Waals surface area contributed by atoms with Crippen LogP contribution in [0.4, 0.5) is 13.2 Å². The van der Waals surface area contributed by atoms with E-state index in [2.05, 4.69) is 5.10 Å². The first-order valence-corrected chi connectivity index (χ1v) is 5.31. The molecule has 1 aromatic heterocycles. The molecule has 1 aromatic rings. The summed E-state index contributed by atoms with van der Waals surface area (Å²) in [7, 11) is 1.39. The lowest BCUT2D eigenvalue weighted by atomic mass is 10.1. The van der Waals surface area contributed by atoms with Crippen molar-refractivity contribution in [1.82, 2.24) is 9.78 Å². The largest absolute Gasteiger partial charge is 0.493 e. The van der Waals surface area contributed by atoms with E-state index >= 15 is 0 Å². The van der Waals surface area contributed by atoms with Gasteiger partial charge in [-0.05, 0) is 6.42 Å². The van der Waals surface area contributed by atoms with E-state index in [-0.39, 0.29) is 0 Å². The van der Waals surface area contributed by atoms with Gasteiger partial charge in [0, 0.05) is 6.54 Å². The lowest BCUT2D eigenvalue weighted by Crippen LogP contribution is -2.23. The van der Waals surface area contributed by atoms with Gasteiger partial charge in [0.25, 0.3) is 0 Å². The molecule has 2 N–H and O–H groups in total. The van der Waals surface area contributed by atoms with Crippen LogP contribution in [0.15, 0.2) is 6.20 Å². The van der Waals surface area contributed by atoms with Crippen molar-refractivity contribution in [2.75, 3.05) is 7.11 Å². The molecule has 1 atom stereocenters. The van der Waals surface area contributed by atoms with E-state index in [4.69, 9.17) is 10.5 Å². The molecule has 0 saturated carbocycles. The first-order chi connectivity index (χ1) is 7.89. The zero-order valence-corrected chi connectivity index (χ0v) is 9.79. The topological polar surface area (TPSA) is 53.1 Å². The highest BCUT2D eigenvalue weighted by Crippen LogP contribution is 2.32. The Morgan fingerprint density at radius 1 is 1.53 bits per heavy atom. The quantitative estimate of drug-likeness (QED) is 0.873. The van der Waals surface area contributed by atoms with Gasteiger partial charge in [0.15, 0.2) is 5.75 Å². The van der Waals surface area contributed by atoms with Gasteiger partial charge in [0.1, 0.15) is 0 Å². The van der Waals surface area contributed by atoms with Crippen LogP contribution in [-0.4, -0.2) is 23.1 Å². The predicted molar refractivity (Wildman–Crippen MR) is 56.7 cm³/mol. The second-order valence-corrected chi connectivity index (χ2v) is 3.75. The first-order valence-electron chi connectivity index (χ1n) is 5.31. The monoisotopic (exact) mass is 251 g/mol. The van der Waals surface area contributed by atoms with Gasteiger partial charge in [-0.1, -0.05) is 6.92 Å². The minimum atomic E-state index is -4.30. The van der Waals surface area contributed by atoms with Crippen LogP contribution in [0.5, 0.6) is 5.75 Å². The second kappa shape index (κ2) is 5.39. The van der Waals surface area contributed by atoms with E-state index < -0.39 is 18.6 Å². The van der Waals surface area contributed by atoms with Crippen molar-refractivity contribution >= 4 is 0 Å². The lowest BCUT2D eigenvalue weighted by Gasteiger charge is -2.17. The molecule has 4 nitrogen and oxygen atoms in total. The molecule has 0 amide bonds. The summed E-state index contributed by atoms with van der Waals surface area (Å²) >= 11 is 0. The first kappa shape index (κ1) is 13.8. The smallest absolute Gasteiger partial charge is 0.390 e. The Morgan fingerprint density at radius 2 is 2.18 bits per heavy atom. The zero-order chi connectivity index (χ0) is 13.1. The van der Waals surface area contributed by atoms with Gasteiger partial charge in [0.2, 0.25) is 0 Å². The molecule has 98 valence electrons. The molecule has 7 heteroatoms. The van der Waals surface area contributed by atoms with Gasteiger partial charge < -0.3 is 10.5 Å². The number of hydrogen-bond acceptors (Lipinski definition) is 3. The summed E-state index contributed by atoms with van der Waals surface area (Å²) in [6.45, 7) is 2.43. The number of alkyl halides is 3. The number of hydrogen-bond donors (Lipinski definition) is 1. The summed E-state index contributed by atoms with van der Waals surface area (Å²) in [4.78, 5) is 0. The maximum Gasteiger partial charge on any atom is 0.390 e. The molecule has 1 rings (SSSR count). The third kappa shape index (κ3) is 3.62. The molecule has 0 saturated heterocycles. The summed E-state index contributed by atoms with van der Waals surface area (Å²) < 4.78 is 43.3. The summed E-state index contributed by atoms with van der Waals surface area (Å²) in [6.07, 6.45) is -3.23. The molecule has 0 aromatic carbocycles. The predicted octanol–water partition coefficient (Wildman–Crippen LogP) is 2.25. The summed E-state index contributed by atoms with van der Waals surface area (Å²) in [6, 6.07) is -1.15. The normalized spacial score (nSPS) is 13.8. The molecular formula is C10H16F3N3O. The van der Waals surface area contributed by atoms with Crippen LogP contribution < -0.4 is 10.5 Å². The van der Waals surface area contributed by atoms with Gasteiger partial charge in [-0.3, -0.25) is 4.68 Å². The Labute approximate surface area is 97.5 Å². The van der Waals surface area contributed by atoms with E-state index in [0.717, 1.165) is 6.42 Å². The van der Waals surface area contributed by atoms with Crippen LogP contribution in [0.2, 0.25) is 0 Å². The SMILES string of the molecule is CCCn1ncc(OC)c1C(N)CC(F)(F)F. The Kier molecular flexibility index (Phi) is 4.39. The fourth-order valence-corrected chi connectivity index (χ4v) is 1.65. The standard InChI is InChI=1S/C10H16F3N3O/c1-3-4-16-9(8(17-2)6-15-16)7(14)5-10(11,12)13/h6-7H,3-5,14H2,1-2H3. The number of nitrogens with two attached hydrogens (primary N) is 1. The van der Waals surface area contributed by atoms with Crippen LogP contribution in [0, 0.1) is 0 Å². The molecule has 0 fully saturated rings. The second-order valence-electron chi connectivity index (χ2n) is 3.75. The summed E-state index contributed by atoms with van der Waals surface area (Å²) in [5, 5.41) is 3.97. The van der Waals surface area contributed by atoms with Crippen LogP contribution in [0.25, 0.3) is 0 Å². The molecular weight excluding hydrogens is 235 g/mol. The van der Waals surface area contributed by atoms with Crippen molar-refractivity contribution in [3.63, 3.8) is 0 Å². The summed E-state index contributed by atoms with van der Waals surface area (Å²) in [5.74, 6) is 0.301. The Bertz CT molecular complexity index is 362. The van der Waals surface area contributed by atoms with Gasteiger partial charge in [0.05, 0.1) is 31.5 Å². The highest BCUT2D eigenvalue weighted by atomic mass is 19.4. The van der Waals surface area contributed by atoms with E-state index in [9.17, 15) is 13.2 Å². The van der Waals surface area contributed by atoms with E-state index in [1.165, 1.54) is 18.0 Å². The number of halogens is 3. The molecule has 1 heterocycles. The Morgan fingerprint density at radius 3 is 2.65 bits per heavy atom.